The molecule has 20 heavy (non-hydrogen) atoms. The van der Waals surface area contributed by atoms with Crippen molar-refractivity contribution in [2.45, 2.75) is 53.0 Å². The van der Waals surface area contributed by atoms with Gasteiger partial charge in [-0.2, -0.15) is 0 Å². The fraction of sp³-hybridized carbons (Fsp3) is 0.667. The lowest BCUT2D eigenvalue weighted by Crippen LogP contribution is -2.21. The molecule has 2 N–H and O–H groups in total. The number of allylic oxidation sites excluding steroid dienone is 2. The van der Waals surface area contributed by atoms with Crippen LogP contribution < -0.4 is 5.73 Å². The largest absolute Gasteiger partial charge is 0.363 e. The molecule has 1 unspecified atom stereocenters. The molecule has 0 radical (unpaired) electrons. The number of carbonyl (C=O) groups is 1. The predicted octanol–water partition coefficient (Wildman–Crippen LogP) is 2.80. The zero-order chi connectivity index (χ0) is 14.9. The van der Waals surface area contributed by atoms with E-state index in [4.69, 9.17) is 5.73 Å². The Morgan fingerprint density at radius 3 is 2.60 bits per heavy atom. The number of nitrogens with zero attached hydrogens (tertiary/aromatic N) is 3. The summed E-state index contributed by atoms with van der Waals surface area (Å²) in [5, 5.41) is 8.20. The maximum absolute atomic E-state index is 11.5. The quantitative estimate of drug-likeness (QED) is 0.919. The number of amides is 1. The second kappa shape index (κ2) is 5.77. The topological polar surface area (TPSA) is 73.8 Å². The summed E-state index contributed by atoms with van der Waals surface area (Å²) in [7, 11) is 0. The summed E-state index contributed by atoms with van der Waals surface area (Å²) >= 11 is 0. The van der Waals surface area contributed by atoms with Gasteiger partial charge in [-0.3, -0.25) is 4.79 Å². The van der Waals surface area contributed by atoms with E-state index in [1.54, 1.807) is 0 Å². The summed E-state index contributed by atoms with van der Waals surface area (Å²) in [5.41, 5.74) is 6.59. The molecule has 2 rings (SSSR count). The van der Waals surface area contributed by atoms with Crippen LogP contribution in [0.5, 0.6) is 0 Å². The molecule has 0 fully saturated rings. The van der Waals surface area contributed by atoms with E-state index in [-0.39, 0.29) is 11.9 Å². The molecule has 1 amide bonds. The average molecular weight is 276 g/mol. The standard InChI is InChI=1S/C15H24N4O/c1-9(2)11-6-5-7-12(8-11)14-17-18-15(13(16)20)19(14)10(3)4/h8-11H,5-7H2,1-4H3,(H2,16,20). The molecule has 1 aromatic heterocycles. The van der Waals surface area contributed by atoms with Gasteiger partial charge in [0, 0.05) is 6.04 Å². The lowest BCUT2D eigenvalue weighted by Gasteiger charge is -2.24. The van der Waals surface area contributed by atoms with Crippen LogP contribution in [-0.2, 0) is 0 Å². The predicted molar refractivity (Wildman–Crippen MR) is 79.1 cm³/mol. The second-order valence-electron chi connectivity index (χ2n) is 6.17. The van der Waals surface area contributed by atoms with E-state index >= 15 is 0 Å². The molecule has 5 nitrogen and oxygen atoms in total. The Balaban J connectivity index is 2.45. The van der Waals surface area contributed by atoms with E-state index in [1.807, 2.05) is 18.4 Å². The highest BCUT2D eigenvalue weighted by Gasteiger charge is 2.24. The maximum atomic E-state index is 11.5. The zero-order valence-corrected chi connectivity index (χ0v) is 12.8. The molecule has 1 heterocycles. The van der Waals surface area contributed by atoms with Crippen LogP contribution in [0.1, 0.15) is 69.4 Å². The van der Waals surface area contributed by atoms with E-state index in [0.717, 1.165) is 18.7 Å². The highest BCUT2D eigenvalue weighted by atomic mass is 16.1. The Hall–Kier alpha value is -1.65. The van der Waals surface area contributed by atoms with Crippen molar-refractivity contribution in [1.29, 1.82) is 0 Å². The summed E-state index contributed by atoms with van der Waals surface area (Å²) in [4.78, 5) is 11.5. The maximum Gasteiger partial charge on any atom is 0.286 e. The third-order valence-corrected chi connectivity index (χ3v) is 3.97. The molecule has 110 valence electrons. The van der Waals surface area contributed by atoms with Gasteiger partial charge in [-0.15, -0.1) is 10.2 Å². The number of hydrogen-bond donors (Lipinski definition) is 1. The fourth-order valence-electron chi connectivity index (χ4n) is 2.83. The fourth-order valence-corrected chi connectivity index (χ4v) is 2.83. The van der Waals surface area contributed by atoms with E-state index in [0.29, 0.717) is 11.8 Å². The second-order valence-corrected chi connectivity index (χ2v) is 6.17. The molecule has 1 aromatic rings. The van der Waals surface area contributed by atoms with Gasteiger partial charge < -0.3 is 10.3 Å². The Morgan fingerprint density at radius 2 is 2.05 bits per heavy atom. The van der Waals surface area contributed by atoms with E-state index in [1.165, 1.54) is 12.0 Å². The van der Waals surface area contributed by atoms with Gasteiger partial charge in [-0.1, -0.05) is 19.9 Å². The molecule has 1 atom stereocenters. The molecule has 1 aliphatic carbocycles. The SMILES string of the molecule is CC(C)C1C=C(c2nnc(C(N)=O)n2C(C)C)CCC1. The first-order valence-electron chi connectivity index (χ1n) is 7.37. The van der Waals surface area contributed by atoms with Crippen LogP contribution in [0.15, 0.2) is 6.08 Å². The molecule has 0 saturated heterocycles. The number of carbonyl (C=O) groups excluding carboxylic acids is 1. The van der Waals surface area contributed by atoms with Crippen LogP contribution in [0.2, 0.25) is 0 Å². The zero-order valence-electron chi connectivity index (χ0n) is 12.8. The number of rotatable bonds is 4. The van der Waals surface area contributed by atoms with Gasteiger partial charge in [-0.05, 0) is 50.5 Å². The molecule has 0 aliphatic heterocycles. The summed E-state index contributed by atoms with van der Waals surface area (Å²) in [6.45, 7) is 8.52. The number of hydrogen-bond acceptors (Lipinski definition) is 3. The Labute approximate surface area is 120 Å². The van der Waals surface area contributed by atoms with Crippen LogP contribution >= 0.6 is 0 Å². The smallest absolute Gasteiger partial charge is 0.286 e. The van der Waals surface area contributed by atoms with Gasteiger partial charge in [0.25, 0.3) is 5.91 Å². The number of aromatic nitrogens is 3. The minimum Gasteiger partial charge on any atom is -0.363 e. The van der Waals surface area contributed by atoms with Crippen LogP contribution in [-0.4, -0.2) is 20.7 Å². The van der Waals surface area contributed by atoms with E-state index in [9.17, 15) is 4.79 Å². The summed E-state index contributed by atoms with van der Waals surface area (Å²) < 4.78 is 1.86. The van der Waals surface area contributed by atoms with Crippen molar-refractivity contribution in [3.63, 3.8) is 0 Å². The third-order valence-electron chi connectivity index (χ3n) is 3.97. The summed E-state index contributed by atoms with van der Waals surface area (Å²) in [6.07, 6.45) is 5.68. The van der Waals surface area contributed by atoms with Gasteiger partial charge in [0.2, 0.25) is 5.82 Å². The molecular weight excluding hydrogens is 252 g/mol. The Bertz CT molecular complexity index is 528. The van der Waals surface area contributed by atoms with Crippen LogP contribution in [0.25, 0.3) is 5.57 Å². The average Bonchev–Trinajstić information content (AvgIpc) is 2.83. The minimum absolute atomic E-state index is 0.114. The van der Waals surface area contributed by atoms with Crippen molar-refractivity contribution in [3.05, 3.63) is 17.7 Å². The Morgan fingerprint density at radius 1 is 1.35 bits per heavy atom. The highest BCUT2D eigenvalue weighted by Crippen LogP contribution is 2.33. The van der Waals surface area contributed by atoms with E-state index in [2.05, 4.69) is 30.1 Å². The minimum atomic E-state index is -0.519. The molecule has 1 aliphatic rings. The molecule has 5 heteroatoms. The number of nitrogens with two attached hydrogens (primary N) is 1. The van der Waals surface area contributed by atoms with Crippen molar-refractivity contribution in [3.8, 4) is 0 Å². The van der Waals surface area contributed by atoms with Gasteiger partial charge in [0.05, 0.1) is 0 Å². The summed E-state index contributed by atoms with van der Waals surface area (Å²) in [6, 6.07) is 0.114. The lowest BCUT2D eigenvalue weighted by molar-refractivity contribution is 0.0984. The third kappa shape index (κ3) is 2.76. The van der Waals surface area contributed by atoms with Crippen LogP contribution in [0.4, 0.5) is 0 Å². The normalized spacial score (nSPS) is 19.5. The summed E-state index contributed by atoms with van der Waals surface area (Å²) in [5.74, 6) is 1.74. The molecule has 0 spiro atoms. The molecular formula is C15H24N4O. The van der Waals surface area contributed by atoms with E-state index < -0.39 is 5.91 Å². The lowest BCUT2D eigenvalue weighted by atomic mass is 9.83. The molecule has 0 bridgehead atoms. The highest BCUT2D eigenvalue weighted by molar-refractivity contribution is 5.89. The van der Waals surface area contributed by atoms with Crippen molar-refractivity contribution in [2.24, 2.45) is 17.6 Å². The first-order chi connectivity index (χ1) is 9.41. The Kier molecular flexibility index (Phi) is 4.26. The van der Waals surface area contributed by atoms with Crippen molar-refractivity contribution >= 4 is 11.5 Å². The van der Waals surface area contributed by atoms with Crippen LogP contribution in [0.3, 0.4) is 0 Å². The van der Waals surface area contributed by atoms with Gasteiger partial charge >= 0.3 is 0 Å². The van der Waals surface area contributed by atoms with Gasteiger partial charge in [0.15, 0.2) is 5.82 Å². The van der Waals surface area contributed by atoms with Crippen LogP contribution in [0, 0.1) is 11.8 Å². The van der Waals surface area contributed by atoms with Crippen molar-refractivity contribution < 1.29 is 4.79 Å². The van der Waals surface area contributed by atoms with Gasteiger partial charge in [0.1, 0.15) is 0 Å². The van der Waals surface area contributed by atoms with Crippen molar-refractivity contribution in [1.82, 2.24) is 14.8 Å². The molecule has 0 aromatic carbocycles. The van der Waals surface area contributed by atoms with Crippen molar-refractivity contribution in [2.75, 3.05) is 0 Å². The number of primary amides is 1. The first kappa shape index (κ1) is 14.8. The van der Waals surface area contributed by atoms with Gasteiger partial charge in [-0.25, -0.2) is 0 Å². The monoisotopic (exact) mass is 276 g/mol. The molecule has 0 saturated carbocycles. The first-order valence-corrected chi connectivity index (χ1v) is 7.37.